The molecular formula is C12H21N5O2. The molecule has 7 nitrogen and oxygen atoms in total. The van der Waals surface area contributed by atoms with E-state index in [-0.39, 0.29) is 0 Å². The molecule has 1 aliphatic heterocycles. The van der Waals surface area contributed by atoms with Gasteiger partial charge in [0.05, 0.1) is 12.7 Å². The van der Waals surface area contributed by atoms with Crippen molar-refractivity contribution in [1.29, 1.82) is 0 Å². The van der Waals surface area contributed by atoms with Crippen molar-refractivity contribution in [3.63, 3.8) is 0 Å². The lowest BCUT2D eigenvalue weighted by atomic mass is 10.1. The lowest BCUT2D eigenvalue weighted by Crippen LogP contribution is -2.37. The second kappa shape index (κ2) is 6.51. The molecule has 0 unspecified atom stereocenters. The normalized spacial score (nSPS) is 16.5. The number of hydrogen-bond acceptors (Lipinski definition) is 7. The van der Waals surface area contributed by atoms with Gasteiger partial charge in [0.2, 0.25) is 11.9 Å². The molecule has 0 radical (unpaired) electrons. The SMILES string of the molecule is CCOc1nc(NC)nc(N2CCC(OC)CC2)n1. The second-order valence-electron chi connectivity index (χ2n) is 4.35. The van der Waals surface area contributed by atoms with E-state index in [0.717, 1.165) is 25.9 Å². The van der Waals surface area contributed by atoms with Crippen LogP contribution < -0.4 is 15.0 Å². The van der Waals surface area contributed by atoms with Crippen LogP contribution >= 0.6 is 0 Å². The molecule has 0 spiro atoms. The highest BCUT2D eigenvalue weighted by molar-refractivity contribution is 5.38. The van der Waals surface area contributed by atoms with Crippen molar-refractivity contribution in [1.82, 2.24) is 15.0 Å². The first-order valence-corrected chi connectivity index (χ1v) is 6.61. The molecule has 106 valence electrons. The van der Waals surface area contributed by atoms with Gasteiger partial charge in [0.1, 0.15) is 0 Å². The minimum atomic E-state index is 0.341. The lowest BCUT2D eigenvalue weighted by Gasteiger charge is -2.31. The average Bonchev–Trinajstić information content (AvgIpc) is 2.47. The summed E-state index contributed by atoms with van der Waals surface area (Å²) >= 11 is 0. The summed E-state index contributed by atoms with van der Waals surface area (Å²) in [5.41, 5.74) is 0. The Balaban J connectivity index is 2.12. The minimum absolute atomic E-state index is 0.341. The minimum Gasteiger partial charge on any atom is -0.464 e. The van der Waals surface area contributed by atoms with Gasteiger partial charge in [0.25, 0.3) is 0 Å². The number of anilines is 2. The summed E-state index contributed by atoms with van der Waals surface area (Å²) in [5.74, 6) is 1.19. The molecule has 1 aliphatic rings. The Morgan fingerprint density at radius 1 is 1.26 bits per heavy atom. The van der Waals surface area contributed by atoms with E-state index in [1.54, 1.807) is 14.2 Å². The Kier molecular flexibility index (Phi) is 4.73. The molecule has 0 saturated carbocycles. The number of hydrogen-bond donors (Lipinski definition) is 1. The van der Waals surface area contributed by atoms with Gasteiger partial charge in [-0.25, -0.2) is 0 Å². The first kappa shape index (κ1) is 13.8. The summed E-state index contributed by atoms with van der Waals surface area (Å²) < 4.78 is 10.7. The first-order valence-electron chi connectivity index (χ1n) is 6.61. The first-order chi connectivity index (χ1) is 9.26. The predicted molar refractivity (Wildman–Crippen MR) is 72.8 cm³/mol. The standard InChI is InChI=1S/C12H21N5O2/c1-4-19-12-15-10(13-2)14-11(16-12)17-7-5-9(18-3)6-8-17/h9H,4-8H2,1-3H3,(H,13,14,15,16). The smallest absolute Gasteiger partial charge is 0.323 e. The van der Waals surface area contributed by atoms with Crippen LogP contribution in [0.1, 0.15) is 19.8 Å². The summed E-state index contributed by atoms with van der Waals surface area (Å²) in [5, 5.41) is 2.93. The summed E-state index contributed by atoms with van der Waals surface area (Å²) in [4.78, 5) is 15.0. The van der Waals surface area contributed by atoms with Crippen LogP contribution in [0.5, 0.6) is 6.01 Å². The number of methoxy groups -OCH3 is 1. The van der Waals surface area contributed by atoms with E-state index >= 15 is 0 Å². The van der Waals surface area contributed by atoms with Crippen LogP contribution in [-0.2, 0) is 4.74 Å². The van der Waals surface area contributed by atoms with Crippen molar-refractivity contribution in [2.75, 3.05) is 44.1 Å². The molecule has 1 saturated heterocycles. The molecule has 19 heavy (non-hydrogen) atoms. The van der Waals surface area contributed by atoms with Gasteiger partial charge in [-0.1, -0.05) is 0 Å². The van der Waals surface area contributed by atoms with Crippen LogP contribution in [0.25, 0.3) is 0 Å². The van der Waals surface area contributed by atoms with Gasteiger partial charge in [-0.15, -0.1) is 0 Å². The monoisotopic (exact) mass is 267 g/mol. The van der Waals surface area contributed by atoms with Crippen molar-refractivity contribution in [2.24, 2.45) is 0 Å². The van der Waals surface area contributed by atoms with Gasteiger partial charge < -0.3 is 19.7 Å². The number of piperidine rings is 1. The fraction of sp³-hybridized carbons (Fsp3) is 0.750. The molecule has 7 heteroatoms. The molecule has 1 aromatic heterocycles. The highest BCUT2D eigenvalue weighted by Gasteiger charge is 2.21. The van der Waals surface area contributed by atoms with Crippen LogP contribution in [0, 0.1) is 0 Å². The van der Waals surface area contributed by atoms with Gasteiger partial charge in [0, 0.05) is 27.2 Å². The lowest BCUT2D eigenvalue weighted by molar-refractivity contribution is 0.0816. The van der Waals surface area contributed by atoms with Gasteiger partial charge in [-0.2, -0.15) is 15.0 Å². The van der Waals surface area contributed by atoms with Crippen LogP contribution in [0.4, 0.5) is 11.9 Å². The van der Waals surface area contributed by atoms with Crippen LogP contribution in [-0.4, -0.2) is 54.9 Å². The van der Waals surface area contributed by atoms with Crippen molar-refractivity contribution in [2.45, 2.75) is 25.9 Å². The van der Waals surface area contributed by atoms with Crippen LogP contribution in [0.3, 0.4) is 0 Å². The number of ether oxygens (including phenoxy) is 2. The predicted octanol–water partition coefficient (Wildman–Crippen LogP) is 0.927. The zero-order valence-corrected chi connectivity index (χ0v) is 11.7. The number of rotatable bonds is 5. The average molecular weight is 267 g/mol. The fourth-order valence-electron chi connectivity index (χ4n) is 2.08. The summed E-state index contributed by atoms with van der Waals surface area (Å²) in [7, 11) is 3.54. The molecule has 0 amide bonds. The highest BCUT2D eigenvalue weighted by Crippen LogP contribution is 2.20. The molecule has 2 rings (SSSR count). The number of aromatic nitrogens is 3. The number of nitrogens with zero attached hydrogens (tertiary/aromatic N) is 4. The molecule has 0 aliphatic carbocycles. The van der Waals surface area contributed by atoms with Gasteiger partial charge in [-0.05, 0) is 19.8 Å². The molecule has 1 aromatic rings. The third kappa shape index (κ3) is 3.44. The van der Waals surface area contributed by atoms with Crippen molar-refractivity contribution in [3.05, 3.63) is 0 Å². The van der Waals surface area contributed by atoms with Crippen molar-refractivity contribution >= 4 is 11.9 Å². The third-order valence-electron chi connectivity index (χ3n) is 3.16. The zero-order chi connectivity index (χ0) is 13.7. The Morgan fingerprint density at radius 2 is 2.00 bits per heavy atom. The van der Waals surface area contributed by atoms with E-state index in [4.69, 9.17) is 9.47 Å². The van der Waals surface area contributed by atoms with Crippen LogP contribution in [0.2, 0.25) is 0 Å². The summed E-state index contributed by atoms with van der Waals surface area (Å²) in [6.07, 6.45) is 2.32. The van der Waals surface area contributed by atoms with Crippen molar-refractivity contribution in [3.8, 4) is 6.01 Å². The Hall–Kier alpha value is -1.63. The zero-order valence-electron chi connectivity index (χ0n) is 11.7. The van der Waals surface area contributed by atoms with E-state index in [0.29, 0.717) is 30.6 Å². The Bertz CT molecular complexity index is 407. The number of nitrogens with one attached hydrogen (secondary N) is 1. The maximum atomic E-state index is 5.37. The largest absolute Gasteiger partial charge is 0.464 e. The molecule has 0 aromatic carbocycles. The quantitative estimate of drug-likeness (QED) is 0.850. The van der Waals surface area contributed by atoms with E-state index in [2.05, 4.69) is 25.2 Å². The van der Waals surface area contributed by atoms with E-state index < -0.39 is 0 Å². The molecule has 1 fully saturated rings. The Labute approximate surface area is 113 Å². The highest BCUT2D eigenvalue weighted by atomic mass is 16.5. The Morgan fingerprint density at radius 3 is 2.58 bits per heavy atom. The van der Waals surface area contributed by atoms with Gasteiger partial charge >= 0.3 is 6.01 Å². The van der Waals surface area contributed by atoms with E-state index in [1.807, 2.05) is 6.92 Å². The second-order valence-corrected chi connectivity index (χ2v) is 4.35. The van der Waals surface area contributed by atoms with E-state index in [1.165, 1.54) is 0 Å². The summed E-state index contributed by atoms with van der Waals surface area (Å²) in [6, 6.07) is 0.366. The molecular weight excluding hydrogens is 246 g/mol. The topological polar surface area (TPSA) is 72.4 Å². The van der Waals surface area contributed by atoms with Gasteiger partial charge in [0.15, 0.2) is 0 Å². The molecule has 0 bridgehead atoms. The van der Waals surface area contributed by atoms with Crippen LogP contribution in [0.15, 0.2) is 0 Å². The van der Waals surface area contributed by atoms with E-state index in [9.17, 15) is 0 Å². The maximum Gasteiger partial charge on any atom is 0.323 e. The van der Waals surface area contributed by atoms with Crippen molar-refractivity contribution < 1.29 is 9.47 Å². The fourth-order valence-corrected chi connectivity index (χ4v) is 2.08. The third-order valence-corrected chi connectivity index (χ3v) is 3.16. The van der Waals surface area contributed by atoms with Gasteiger partial charge in [-0.3, -0.25) is 0 Å². The summed E-state index contributed by atoms with van der Waals surface area (Å²) in [6.45, 7) is 4.22. The molecule has 2 heterocycles. The molecule has 0 atom stereocenters. The maximum absolute atomic E-state index is 5.37. The molecule has 1 N–H and O–H groups in total.